The van der Waals surface area contributed by atoms with Gasteiger partial charge in [-0.05, 0) is 26.7 Å². The van der Waals surface area contributed by atoms with Gasteiger partial charge >= 0.3 is 6.09 Å². The summed E-state index contributed by atoms with van der Waals surface area (Å²) in [6, 6.07) is -0.380. The van der Waals surface area contributed by atoms with Crippen LogP contribution < -0.4 is 0 Å². The number of likely N-dealkylation sites (tertiary alicyclic amines) is 1. The molecule has 1 saturated heterocycles. The predicted octanol–water partition coefficient (Wildman–Crippen LogP) is 2.59. The molecule has 0 radical (unpaired) electrons. The lowest BCUT2D eigenvalue weighted by atomic mass is 10.0. The molecule has 1 heterocycles. The van der Waals surface area contributed by atoms with Crippen molar-refractivity contribution in [3.05, 3.63) is 0 Å². The van der Waals surface area contributed by atoms with Crippen LogP contribution in [0.4, 0.5) is 4.79 Å². The van der Waals surface area contributed by atoms with Gasteiger partial charge in [0.1, 0.15) is 5.60 Å². The molecule has 1 rings (SSSR count). The lowest BCUT2D eigenvalue weighted by Crippen LogP contribution is -2.44. The van der Waals surface area contributed by atoms with Crippen LogP contribution in [0.3, 0.4) is 0 Å². The number of halogens is 1. The van der Waals surface area contributed by atoms with Crippen LogP contribution in [-0.4, -0.2) is 39.8 Å². The van der Waals surface area contributed by atoms with E-state index in [4.69, 9.17) is 4.74 Å². The summed E-state index contributed by atoms with van der Waals surface area (Å²) in [5.41, 5.74) is -0.536. The molecule has 0 N–H and O–H groups in total. The van der Waals surface area contributed by atoms with Gasteiger partial charge in [-0.3, -0.25) is 9.69 Å². The van der Waals surface area contributed by atoms with E-state index in [2.05, 4.69) is 15.9 Å². The molecule has 2 atom stereocenters. The molecule has 0 aliphatic carbocycles. The summed E-state index contributed by atoms with van der Waals surface area (Å²) in [6.07, 6.45) is -0.411. The molecule has 5 heteroatoms. The number of alkyl halides is 1. The van der Waals surface area contributed by atoms with Crippen molar-refractivity contribution in [1.29, 1.82) is 0 Å². The van der Waals surface area contributed by atoms with E-state index in [1.807, 2.05) is 34.6 Å². The van der Waals surface area contributed by atoms with E-state index in [0.717, 1.165) is 0 Å². The summed E-state index contributed by atoms with van der Waals surface area (Å²) in [4.78, 5) is 25.2. The Kier molecular flexibility index (Phi) is 4.23. The van der Waals surface area contributed by atoms with E-state index in [9.17, 15) is 9.59 Å². The second-order valence-electron chi connectivity index (χ2n) is 5.69. The van der Waals surface area contributed by atoms with Crippen molar-refractivity contribution in [3.8, 4) is 0 Å². The summed E-state index contributed by atoms with van der Waals surface area (Å²) in [5.74, 6) is 0.156. The summed E-state index contributed by atoms with van der Waals surface area (Å²) < 4.78 is 5.31. The molecule has 0 aromatic heterocycles. The summed E-state index contributed by atoms with van der Waals surface area (Å²) in [5, 5.41) is 0. The molecule has 0 aromatic carbocycles. The van der Waals surface area contributed by atoms with E-state index in [-0.39, 0.29) is 22.6 Å². The van der Waals surface area contributed by atoms with Crippen LogP contribution in [0.1, 0.15) is 34.6 Å². The normalized spacial score (nSPS) is 25.6. The van der Waals surface area contributed by atoms with Crippen molar-refractivity contribution in [2.24, 2.45) is 5.92 Å². The Labute approximate surface area is 111 Å². The average Bonchev–Trinajstić information content (AvgIpc) is 2.40. The number of rotatable bonds is 1. The predicted molar refractivity (Wildman–Crippen MR) is 69.3 cm³/mol. The molecule has 1 amide bonds. The summed E-state index contributed by atoms with van der Waals surface area (Å²) in [7, 11) is 0. The first kappa shape index (κ1) is 14.5. The maximum absolute atomic E-state index is 12.0. The molecule has 0 spiro atoms. The minimum atomic E-state index is -0.536. The van der Waals surface area contributed by atoms with Crippen molar-refractivity contribution in [3.63, 3.8) is 0 Å². The van der Waals surface area contributed by atoms with Crippen molar-refractivity contribution in [2.75, 3.05) is 6.54 Å². The number of nitrogens with zero attached hydrogens (tertiary/aromatic N) is 1. The van der Waals surface area contributed by atoms with E-state index >= 15 is 0 Å². The Balaban J connectivity index is 2.82. The minimum Gasteiger partial charge on any atom is -0.444 e. The number of carbonyl (C=O) groups excluding carboxylic acids is 2. The van der Waals surface area contributed by atoms with Crippen LogP contribution in [0, 0.1) is 5.92 Å². The zero-order valence-corrected chi connectivity index (χ0v) is 12.6. The monoisotopic (exact) mass is 305 g/mol. The van der Waals surface area contributed by atoms with Crippen LogP contribution in [0.2, 0.25) is 0 Å². The zero-order valence-electron chi connectivity index (χ0n) is 11.0. The molecular weight excluding hydrogens is 286 g/mol. The second-order valence-corrected chi connectivity index (χ2v) is 6.80. The van der Waals surface area contributed by atoms with Gasteiger partial charge in [0.05, 0.1) is 10.9 Å². The fourth-order valence-electron chi connectivity index (χ4n) is 1.91. The third kappa shape index (κ3) is 3.44. The SMILES string of the molecule is CC(C)C1C(=O)C(Br)CN1C(=O)OC(C)(C)C. The largest absolute Gasteiger partial charge is 0.444 e. The van der Waals surface area contributed by atoms with Crippen molar-refractivity contribution in [2.45, 2.75) is 51.1 Å². The van der Waals surface area contributed by atoms with Crippen LogP contribution in [-0.2, 0) is 9.53 Å². The van der Waals surface area contributed by atoms with Gasteiger partial charge in [0.2, 0.25) is 0 Å². The fourth-order valence-corrected chi connectivity index (χ4v) is 2.49. The van der Waals surface area contributed by atoms with Crippen LogP contribution in [0.25, 0.3) is 0 Å². The maximum Gasteiger partial charge on any atom is 0.410 e. The number of carbonyl (C=O) groups is 2. The average molecular weight is 306 g/mol. The molecule has 1 aliphatic rings. The minimum absolute atomic E-state index is 0.0610. The Bertz CT molecular complexity index is 322. The molecule has 17 heavy (non-hydrogen) atoms. The molecule has 1 aliphatic heterocycles. The van der Waals surface area contributed by atoms with Gasteiger partial charge in [-0.15, -0.1) is 0 Å². The van der Waals surface area contributed by atoms with Gasteiger partial charge < -0.3 is 4.74 Å². The first-order chi connectivity index (χ1) is 7.63. The second kappa shape index (κ2) is 4.96. The molecule has 1 fully saturated rings. The summed E-state index contributed by atoms with van der Waals surface area (Å²) >= 11 is 3.30. The van der Waals surface area contributed by atoms with Crippen LogP contribution >= 0.6 is 15.9 Å². The molecule has 0 saturated carbocycles. The van der Waals surface area contributed by atoms with Gasteiger partial charge in [0.15, 0.2) is 5.78 Å². The molecule has 98 valence electrons. The lowest BCUT2D eigenvalue weighted by molar-refractivity contribution is -0.120. The van der Waals surface area contributed by atoms with E-state index < -0.39 is 11.7 Å². The molecule has 2 unspecified atom stereocenters. The highest BCUT2D eigenvalue weighted by atomic mass is 79.9. The smallest absolute Gasteiger partial charge is 0.410 e. The van der Waals surface area contributed by atoms with E-state index in [0.29, 0.717) is 6.54 Å². The molecular formula is C12H20BrNO3. The Morgan fingerprint density at radius 3 is 2.41 bits per heavy atom. The molecule has 4 nitrogen and oxygen atoms in total. The quantitative estimate of drug-likeness (QED) is 0.700. The van der Waals surface area contributed by atoms with Crippen molar-refractivity contribution in [1.82, 2.24) is 4.90 Å². The maximum atomic E-state index is 12.0. The third-order valence-corrected chi connectivity index (χ3v) is 3.29. The van der Waals surface area contributed by atoms with Crippen molar-refractivity contribution < 1.29 is 14.3 Å². The number of amides is 1. The summed E-state index contributed by atoms with van der Waals surface area (Å²) in [6.45, 7) is 9.71. The van der Waals surface area contributed by atoms with Crippen LogP contribution in [0.5, 0.6) is 0 Å². The first-order valence-corrected chi connectivity index (χ1v) is 6.72. The topological polar surface area (TPSA) is 46.6 Å². The highest BCUT2D eigenvalue weighted by molar-refractivity contribution is 9.10. The van der Waals surface area contributed by atoms with Gasteiger partial charge in [0.25, 0.3) is 0 Å². The number of hydrogen-bond donors (Lipinski definition) is 0. The van der Waals surface area contributed by atoms with Gasteiger partial charge in [0, 0.05) is 6.54 Å². The Hall–Kier alpha value is -0.580. The Morgan fingerprint density at radius 2 is 2.00 bits per heavy atom. The molecule has 0 aromatic rings. The number of hydrogen-bond acceptors (Lipinski definition) is 3. The standard InChI is InChI=1S/C12H20BrNO3/c1-7(2)9-10(15)8(13)6-14(9)11(16)17-12(3,4)5/h7-9H,6H2,1-5H3. The lowest BCUT2D eigenvalue weighted by Gasteiger charge is -2.29. The van der Waals surface area contributed by atoms with E-state index in [1.54, 1.807) is 0 Å². The number of ketones is 1. The van der Waals surface area contributed by atoms with Crippen LogP contribution in [0.15, 0.2) is 0 Å². The first-order valence-electron chi connectivity index (χ1n) is 5.81. The number of ether oxygens (including phenoxy) is 1. The third-order valence-electron chi connectivity index (χ3n) is 2.55. The van der Waals surface area contributed by atoms with Gasteiger partial charge in [-0.1, -0.05) is 29.8 Å². The van der Waals surface area contributed by atoms with Crippen molar-refractivity contribution >= 4 is 27.8 Å². The Morgan fingerprint density at radius 1 is 1.47 bits per heavy atom. The highest BCUT2D eigenvalue weighted by Gasteiger charge is 2.44. The zero-order chi connectivity index (χ0) is 13.4. The molecule has 0 bridgehead atoms. The number of Topliss-reactive ketones (excluding diaryl/α,β-unsaturated/α-hetero) is 1. The van der Waals surface area contributed by atoms with E-state index in [1.165, 1.54) is 4.90 Å². The fraction of sp³-hybridized carbons (Fsp3) is 0.833. The highest BCUT2D eigenvalue weighted by Crippen LogP contribution is 2.27. The van der Waals surface area contributed by atoms with Gasteiger partial charge in [-0.25, -0.2) is 4.79 Å². The van der Waals surface area contributed by atoms with Gasteiger partial charge in [-0.2, -0.15) is 0 Å².